The van der Waals surface area contributed by atoms with E-state index < -0.39 is 10.2 Å². The average molecular weight is 547 g/mol. The summed E-state index contributed by atoms with van der Waals surface area (Å²) in [4.78, 5) is 0. The van der Waals surface area contributed by atoms with E-state index in [1.54, 1.807) is 0 Å². The van der Waals surface area contributed by atoms with Crippen molar-refractivity contribution in [3.63, 3.8) is 0 Å². The number of nitrogens with zero attached hydrogens (tertiary/aromatic N) is 1. The number of benzene rings is 3. The molecule has 0 N–H and O–H groups in total. The Kier molecular flexibility index (Phi) is 6.09. The van der Waals surface area contributed by atoms with Gasteiger partial charge >= 0.3 is 10.2 Å². The minimum atomic E-state index is -2.14. The van der Waals surface area contributed by atoms with Crippen molar-refractivity contribution in [2.24, 2.45) is 0 Å². The molecule has 0 saturated heterocycles. The van der Waals surface area contributed by atoms with Crippen LogP contribution < -0.4 is 20.1 Å². The van der Waals surface area contributed by atoms with Crippen molar-refractivity contribution in [1.82, 2.24) is 4.17 Å². The maximum absolute atomic E-state index is 5.32. The van der Waals surface area contributed by atoms with Gasteiger partial charge in [-0.15, -0.1) is 4.17 Å². The molecule has 0 aliphatic rings. The predicted octanol–water partition coefficient (Wildman–Crippen LogP) is 6.36. The summed E-state index contributed by atoms with van der Waals surface area (Å²) in [5.74, 6) is 0. The molecule has 122 valence electrons. The SMILES string of the molecule is BrP(Br)(Br)=[N+]=P(c1ccccc1)(c1ccccc1)c1ccccc1. The predicted molar refractivity (Wildman–Crippen MR) is 121 cm³/mol. The first kappa shape index (κ1) is 18.5. The number of hydrogen-bond donors (Lipinski definition) is 0. The molecule has 0 aliphatic heterocycles. The minimum Gasteiger partial charge on any atom is -0.127 e. The zero-order chi connectivity index (χ0) is 17.0. The topological polar surface area (TPSA) is 14.1 Å². The fourth-order valence-electron chi connectivity index (χ4n) is 2.69. The van der Waals surface area contributed by atoms with Gasteiger partial charge in [0.05, 0.1) is 62.4 Å². The lowest BCUT2D eigenvalue weighted by atomic mass is 10.4. The molecule has 0 heterocycles. The standard InChI is InChI=1S/C18H15Br3NP2/c19-24(20,21)22-23(16-10-4-1-5-11-16,17-12-6-2-7-13-17)18-14-8-3-9-15-18/h1-15H/q+1. The van der Waals surface area contributed by atoms with Crippen molar-refractivity contribution < 1.29 is 0 Å². The summed E-state index contributed by atoms with van der Waals surface area (Å²) >= 11 is 11.1. The molecule has 3 rings (SSSR count). The second-order valence-corrected chi connectivity index (χ2v) is 27.3. The van der Waals surface area contributed by atoms with Gasteiger partial charge in [0.1, 0.15) is 0 Å². The van der Waals surface area contributed by atoms with Gasteiger partial charge in [-0.05, 0) is 36.4 Å². The van der Waals surface area contributed by atoms with Crippen LogP contribution >= 0.6 is 56.7 Å². The van der Waals surface area contributed by atoms with Crippen LogP contribution in [0.3, 0.4) is 0 Å². The lowest BCUT2D eigenvalue weighted by Gasteiger charge is -2.15. The van der Waals surface area contributed by atoms with Crippen molar-refractivity contribution in [1.29, 1.82) is 0 Å². The van der Waals surface area contributed by atoms with Gasteiger partial charge in [0.15, 0.2) is 0 Å². The molecule has 3 aromatic carbocycles. The highest BCUT2D eigenvalue weighted by Crippen LogP contribution is 2.70. The minimum absolute atomic E-state index is 1.24. The maximum Gasteiger partial charge on any atom is 0.395 e. The normalized spacial score (nSPS) is 11.8. The molecule has 1 nitrogen and oxygen atoms in total. The summed E-state index contributed by atoms with van der Waals surface area (Å²) in [6.45, 7) is 0. The van der Waals surface area contributed by atoms with Gasteiger partial charge < -0.3 is 0 Å². The molecular formula is C18H15Br3NP2+. The summed E-state index contributed by atoms with van der Waals surface area (Å²) in [5, 5.41) is 3.72. The Hall–Kier alpha value is -0.330. The Morgan fingerprint density at radius 1 is 0.500 bits per heavy atom. The van der Waals surface area contributed by atoms with Crippen LogP contribution in [0.4, 0.5) is 0 Å². The molecule has 0 fully saturated rings. The molecule has 0 spiro atoms. The van der Waals surface area contributed by atoms with Gasteiger partial charge in [-0.3, -0.25) is 0 Å². The van der Waals surface area contributed by atoms with E-state index in [1.807, 2.05) is 18.2 Å². The van der Waals surface area contributed by atoms with E-state index in [1.165, 1.54) is 15.9 Å². The van der Waals surface area contributed by atoms with Crippen LogP contribution in [0.5, 0.6) is 0 Å². The molecule has 0 aromatic heterocycles. The van der Waals surface area contributed by atoms with E-state index in [4.69, 9.17) is 4.17 Å². The molecule has 0 atom stereocenters. The van der Waals surface area contributed by atoms with Gasteiger partial charge in [0.2, 0.25) is 0 Å². The fourth-order valence-corrected chi connectivity index (χ4v) is 13.6. The maximum atomic E-state index is 5.32. The van der Waals surface area contributed by atoms with Crippen LogP contribution in [0, 0.1) is 0 Å². The third kappa shape index (κ3) is 4.07. The van der Waals surface area contributed by atoms with Crippen LogP contribution in [-0.2, 0) is 0 Å². The van der Waals surface area contributed by atoms with Crippen LogP contribution in [0.2, 0.25) is 0 Å². The van der Waals surface area contributed by atoms with Crippen molar-refractivity contribution >= 4 is 72.6 Å². The van der Waals surface area contributed by atoms with Gasteiger partial charge in [-0.25, -0.2) is 0 Å². The first-order valence-electron chi connectivity index (χ1n) is 7.31. The summed E-state index contributed by atoms with van der Waals surface area (Å²) in [6, 6.07) is 31.7. The van der Waals surface area contributed by atoms with Gasteiger partial charge in [-0.1, -0.05) is 54.6 Å². The van der Waals surface area contributed by atoms with Crippen molar-refractivity contribution in [3.8, 4) is 0 Å². The molecule has 0 amide bonds. The lowest BCUT2D eigenvalue weighted by Crippen LogP contribution is -2.26. The smallest absolute Gasteiger partial charge is 0.127 e. The third-order valence-electron chi connectivity index (χ3n) is 3.63. The van der Waals surface area contributed by atoms with E-state index in [2.05, 4.69) is 119 Å². The Bertz CT molecular complexity index is 820. The fraction of sp³-hybridized carbons (Fsp3) is 0. The van der Waals surface area contributed by atoms with Crippen molar-refractivity contribution in [2.75, 3.05) is 0 Å². The van der Waals surface area contributed by atoms with E-state index in [9.17, 15) is 0 Å². The van der Waals surface area contributed by atoms with E-state index in [-0.39, 0.29) is 0 Å². The number of rotatable bonds is 3. The van der Waals surface area contributed by atoms with Crippen LogP contribution in [0.1, 0.15) is 0 Å². The van der Waals surface area contributed by atoms with E-state index in [0.717, 1.165) is 0 Å². The Morgan fingerprint density at radius 3 is 1.04 bits per heavy atom. The molecule has 3 aromatic rings. The summed E-state index contributed by atoms with van der Waals surface area (Å²) in [5.41, 5.74) is 0. The molecule has 0 unspecified atom stereocenters. The molecular weight excluding hydrogens is 532 g/mol. The molecule has 0 saturated carbocycles. The van der Waals surface area contributed by atoms with Crippen molar-refractivity contribution in [3.05, 3.63) is 91.0 Å². The highest BCUT2D eigenvalue weighted by atomic mass is 80.0. The second-order valence-electron chi connectivity index (χ2n) is 5.15. The van der Waals surface area contributed by atoms with E-state index >= 15 is 0 Å². The quantitative estimate of drug-likeness (QED) is 0.268. The van der Waals surface area contributed by atoms with Gasteiger partial charge in [0, 0.05) is 0 Å². The Labute approximate surface area is 166 Å². The lowest BCUT2D eigenvalue weighted by molar-refractivity contribution is 1.70. The molecule has 0 radical (unpaired) electrons. The van der Waals surface area contributed by atoms with Crippen molar-refractivity contribution in [2.45, 2.75) is 0 Å². The zero-order valence-corrected chi connectivity index (χ0v) is 19.2. The third-order valence-corrected chi connectivity index (χ3v) is 12.5. The second kappa shape index (κ2) is 7.92. The highest BCUT2D eigenvalue weighted by molar-refractivity contribution is 9.94. The van der Waals surface area contributed by atoms with Crippen LogP contribution in [0.15, 0.2) is 91.0 Å². The monoisotopic (exact) mass is 544 g/mol. The largest absolute Gasteiger partial charge is 0.395 e. The summed E-state index contributed by atoms with van der Waals surface area (Å²) in [7, 11) is -2.14. The first-order valence-corrected chi connectivity index (χ1v) is 16.8. The molecule has 0 aliphatic carbocycles. The van der Waals surface area contributed by atoms with Crippen LogP contribution in [0.25, 0.3) is 0 Å². The zero-order valence-electron chi connectivity index (χ0n) is 12.6. The number of hydrogen-bond acceptors (Lipinski definition) is 0. The van der Waals surface area contributed by atoms with Crippen LogP contribution in [-0.4, -0.2) is 0 Å². The first-order chi connectivity index (χ1) is 11.5. The number of halogens is 3. The van der Waals surface area contributed by atoms with Gasteiger partial charge in [-0.2, -0.15) is 0 Å². The van der Waals surface area contributed by atoms with Gasteiger partial charge in [0.25, 0.3) is 0 Å². The Morgan fingerprint density at radius 2 is 0.792 bits per heavy atom. The molecule has 0 bridgehead atoms. The van der Waals surface area contributed by atoms with E-state index in [0.29, 0.717) is 0 Å². The summed E-state index contributed by atoms with van der Waals surface area (Å²) in [6.07, 6.45) is 0. The molecule has 24 heavy (non-hydrogen) atoms. The molecule has 6 heteroatoms. The highest BCUT2D eigenvalue weighted by Gasteiger charge is 2.39. The average Bonchev–Trinajstić information content (AvgIpc) is 2.61. The summed E-state index contributed by atoms with van der Waals surface area (Å²) < 4.78 is 3.40. The Balaban J connectivity index is 2.57.